The van der Waals surface area contributed by atoms with Crippen molar-refractivity contribution in [1.82, 2.24) is 0 Å². The van der Waals surface area contributed by atoms with Gasteiger partial charge in [-0.05, 0) is 149 Å². The number of nitrogens with zero attached hydrogens (tertiary/aromatic N) is 2. The Morgan fingerprint density at radius 1 is 0.382 bits per heavy atom. The van der Waals surface area contributed by atoms with Crippen LogP contribution in [0.1, 0.15) is 45.4 Å². The molecule has 0 saturated carbocycles. The summed E-state index contributed by atoms with van der Waals surface area (Å²) in [4.78, 5) is 4.81. The largest absolute Gasteiger partial charge is 0.334 e. The molecule has 0 fully saturated rings. The number of allylic oxidation sites excluding steroid dienone is 3. The second kappa shape index (κ2) is 20.4. The van der Waals surface area contributed by atoms with Gasteiger partial charge in [0.25, 0.3) is 0 Å². The van der Waals surface area contributed by atoms with Gasteiger partial charge in [0.15, 0.2) is 0 Å². The second-order valence-corrected chi connectivity index (χ2v) is 17.5. The molecule has 0 aliphatic heterocycles. The molecule has 2 nitrogen and oxygen atoms in total. The summed E-state index contributed by atoms with van der Waals surface area (Å²) in [7, 11) is 0. The highest BCUT2D eigenvalue weighted by Crippen LogP contribution is 2.38. The van der Waals surface area contributed by atoms with Crippen LogP contribution in [0.4, 0.5) is 28.4 Å². The van der Waals surface area contributed by atoms with E-state index in [1.54, 1.807) is 0 Å². The van der Waals surface area contributed by atoms with Crippen molar-refractivity contribution in [1.29, 1.82) is 0 Å². The van der Waals surface area contributed by atoms with Gasteiger partial charge in [0, 0.05) is 28.4 Å². The van der Waals surface area contributed by atoms with Crippen LogP contribution in [0.2, 0.25) is 0 Å². The molecule has 68 heavy (non-hydrogen) atoms. The molecule has 9 aromatic carbocycles. The fourth-order valence-electron chi connectivity index (χ4n) is 9.11. The molecule has 1 unspecified atom stereocenters. The maximum absolute atomic E-state index is 2.47. The Morgan fingerprint density at radius 3 is 1.13 bits per heavy atom. The highest BCUT2D eigenvalue weighted by atomic mass is 15.2. The normalized spacial score (nSPS) is 13.0. The minimum Gasteiger partial charge on any atom is -0.334 e. The van der Waals surface area contributed by atoms with Gasteiger partial charge in [-0.3, -0.25) is 0 Å². The summed E-state index contributed by atoms with van der Waals surface area (Å²) < 4.78 is 0. The summed E-state index contributed by atoms with van der Waals surface area (Å²) in [5.41, 5.74) is 20.1. The molecule has 328 valence electrons. The van der Waals surface area contributed by atoms with Gasteiger partial charge in [0.05, 0.1) is 6.04 Å². The first-order valence-electron chi connectivity index (χ1n) is 23.6. The van der Waals surface area contributed by atoms with Crippen LogP contribution in [0.15, 0.2) is 273 Å². The van der Waals surface area contributed by atoms with Gasteiger partial charge >= 0.3 is 0 Å². The summed E-state index contributed by atoms with van der Waals surface area (Å²) in [6.45, 7) is 4.29. The fourth-order valence-corrected chi connectivity index (χ4v) is 9.11. The van der Waals surface area contributed by atoms with Gasteiger partial charge in [-0.15, -0.1) is 0 Å². The van der Waals surface area contributed by atoms with Gasteiger partial charge in [-0.1, -0.05) is 211 Å². The van der Waals surface area contributed by atoms with Gasteiger partial charge in [-0.2, -0.15) is 0 Å². The zero-order valence-corrected chi connectivity index (χ0v) is 38.7. The molecule has 0 radical (unpaired) electrons. The van der Waals surface area contributed by atoms with E-state index in [0.717, 1.165) is 34.7 Å². The Hall–Kier alpha value is -8.46. The second-order valence-electron chi connectivity index (χ2n) is 17.5. The van der Waals surface area contributed by atoms with E-state index in [0.29, 0.717) is 0 Å². The van der Waals surface area contributed by atoms with Crippen LogP contribution in [-0.4, -0.2) is 6.04 Å². The van der Waals surface area contributed by atoms with Gasteiger partial charge in [0.2, 0.25) is 0 Å². The van der Waals surface area contributed by atoms with Gasteiger partial charge < -0.3 is 9.80 Å². The van der Waals surface area contributed by atoms with Crippen LogP contribution in [0.3, 0.4) is 0 Å². The lowest BCUT2D eigenvalue weighted by Gasteiger charge is -2.33. The molecule has 0 saturated heterocycles. The van der Waals surface area contributed by atoms with Crippen molar-refractivity contribution >= 4 is 45.7 Å². The van der Waals surface area contributed by atoms with Crippen molar-refractivity contribution in [3.8, 4) is 11.1 Å². The van der Waals surface area contributed by atoms with Crippen LogP contribution in [0.5, 0.6) is 0 Å². The van der Waals surface area contributed by atoms with Crippen molar-refractivity contribution in [2.75, 3.05) is 9.80 Å². The standard InChI is InChI=1S/C66H54N2/c1-49-23-35-59(36-24-49)67(61-39-27-51(28-40-61)47-65(55-15-7-3-8-16-55)56-17-9-4-10-18-56)63-43-31-53(32-44-63)54-33-45-64(46-34-54)68(60-37-25-50(2)26-38-60)62-41-29-52(30-42-62)48-66(57-19-11-5-12-20-57)58-21-13-6-14-22-58/h3-41,43-48,62H,42H2,1-2H3. The average molecular weight is 875 g/mol. The first kappa shape index (κ1) is 43.4. The third-order valence-electron chi connectivity index (χ3n) is 12.8. The Balaban J connectivity index is 0.913. The molecule has 0 aromatic heterocycles. The minimum atomic E-state index is 0.157. The lowest BCUT2D eigenvalue weighted by atomic mass is 9.93. The molecule has 2 heteroatoms. The molecule has 0 amide bonds. The van der Waals surface area contributed by atoms with Crippen LogP contribution >= 0.6 is 0 Å². The smallest absolute Gasteiger partial charge is 0.0560 e. The van der Waals surface area contributed by atoms with E-state index in [1.807, 2.05) is 0 Å². The Kier molecular flexibility index (Phi) is 13.0. The molecule has 0 spiro atoms. The van der Waals surface area contributed by atoms with E-state index in [-0.39, 0.29) is 6.04 Å². The monoisotopic (exact) mass is 874 g/mol. The fraction of sp³-hybridized carbons (Fsp3) is 0.0606. The van der Waals surface area contributed by atoms with E-state index in [4.69, 9.17) is 0 Å². The minimum absolute atomic E-state index is 0.157. The molecule has 1 aliphatic rings. The van der Waals surface area contributed by atoms with Crippen molar-refractivity contribution in [3.05, 3.63) is 311 Å². The Labute approximate surface area is 402 Å². The third kappa shape index (κ3) is 10.0. The lowest BCUT2D eigenvalue weighted by Crippen LogP contribution is -2.30. The molecule has 0 N–H and O–H groups in total. The zero-order chi connectivity index (χ0) is 46.1. The number of anilines is 5. The molecule has 0 bridgehead atoms. The maximum Gasteiger partial charge on any atom is 0.0560 e. The van der Waals surface area contributed by atoms with Crippen LogP contribution in [-0.2, 0) is 0 Å². The quantitative estimate of drug-likeness (QED) is 0.107. The van der Waals surface area contributed by atoms with Crippen LogP contribution in [0.25, 0.3) is 28.3 Å². The predicted molar refractivity (Wildman–Crippen MR) is 290 cm³/mol. The SMILES string of the molecule is Cc1ccc(N(c2ccc(C=C(c3ccccc3)c3ccccc3)cc2)c2ccc(-c3ccc(N(c4ccc(C)cc4)C4C=CC(C=C(c5ccccc5)c5ccccc5)=CC4)cc3)cc2)cc1. The summed E-state index contributed by atoms with van der Waals surface area (Å²) in [6.07, 6.45) is 12.5. The van der Waals surface area contributed by atoms with Crippen molar-refractivity contribution < 1.29 is 0 Å². The predicted octanol–water partition coefficient (Wildman–Crippen LogP) is 17.6. The van der Waals surface area contributed by atoms with Gasteiger partial charge in [0.1, 0.15) is 0 Å². The number of rotatable bonds is 13. The average Bonchev–Trinajstić information content (AvgIpc) is 3.41. The Morgan fingerprint density at radius 2 is 0.735 bits per heavy atom. The highest BCUT2D eigenvalue weighted by Gasteiger charge is 2.21. The number of hydrogen-bond acceptors (Lipinski definition) is 2. The molecule has 1 aliphatic carbocycles. The zero-order valence-electron chi connectivity index (χ0n) is 38.7. The summed E-state index contributed by atoms with van der Waals surface area (Å²) in [5.74, 6) is 0. The maximum atomic E-state index is 2.47. The summed E-state index contributed by atoms with van der Waals surface area (Å²) in [6, 6.07) is 87.4. The number of hydrogen-bond donors (Lipinski definition) is 0. The topological polar surface area (TPSA) is 6.48 Å². The van der Waals surface area contributed by atoms with Crippen molar-refractivity contribution in [2.45, 2.75) is 26.3 Å². The molecule has 0 heterocycles. The van der Waals surface area contributed by atoms with Crippen LogP contribution < -0.4 is 9.80 Å². The van der Waals surface area contributed by atoms with Crippen molar-refractivity contribution in [3.63, 3.8) is 0 Å². The first-order chi connectivity index (χ1) is 33.5. The summed E-state index contributed by atoms with van der Waals surface area (Å²) in [5, 5.41) is 0. The van der Waals surface area contributed by atoms with E-state index in [9.17, 15) is 0 Å². The number of benzene rings is 9. The van der Waals surface area contributed by atoms with E-state index in [1.165, 1.54) is 66.9 Å². The molecular weight excluding hydrogens is 821 g/mol. The number of aryl methyl sites for hydroxylation is 2. The van der Waals surface area contributed by atoms with Crippen molar-refractivity contribution in [2.24, 2.45) is 0 Å². The lowest BCUT2D eigenvalue weighted by molar-refractivity contribution is 0.781. The highest BCUT2D eigenvalue weighted by molar-refractivity contribution is 5.92. The van der Waals surface area contributed by atoms with Gasteiger partial charge in [-0.25, -0.2) is 0 Å². The molecule has 9 aromatic rings. The van der Waals surface area contributed by atoms with E-state index >= 15 is 0 Å². The van der Waals surface area contributed by atoms with Crippen LogP contribution in [0, 0.1) is 13.8 Å². The summed E-state index contributed by atoms with van der Waals surface area (Å²) >= 11 is 0. The molecule has 1 atom stereocenters. The first-order valence-corrected chi connectivity index (χ1v) is 23.6. The van der Waals surface area contributed by atoms with E-state index < -0.39 is 0 Å². The molecular formula is C66H54N2. The molecule has 10 rings (SSSR count). The Bertz CT molecular complexity index is 3100. The van der Waals surface area contributed by atoms with E-state index in [2.05, 4.69) is 297 Å². The third-order valence-corrected chi connectivity index (χ3v) is 12.8.